The molecule has 2 bridgehead atoms. The van der Waals surface area contributed by atoms with E-state index in [9.17, 15) is 14.8 Å². The van der Waals surface area contributed by atoms with Crippen molar-refractivity contribution in [1.82, 2.24) is 20.2 Å². The van der Waals surface area contributed by atoms with Gasteiger partial charge in [-0.05, 0) is 39.3 Å². The van der Waals surface area contributed by atoms with Gasteiger partial charge in [0.2, 0.25) is 5.91 Å². The number of amidine groups is 1. The second-order valence-electron chi connectivity index (χ2n) is 6.53. The summed E-state index contributed by atoms with van der Waals surface area (Å²) in [5.74, 6) is -0.162. The fourth-order valence-corrected chi connectivity index (χ4v) is 3.65. The molecule has 8 heteroatoms. The summed E-state index contributed by atoms with van der Waals surface area (Å²) in [7, 11) is 1.99. The Morgan fingerprint density at radius 1 is 1.32 bits per heavy atom. The Morgan fingerprint density at radius 3 is 2.82 bits per heavy atom. The van der Waals surface area contributed by atoms with E-state index in [2.05, 4.69) is 10.2 Å². The zero-order valence-electron chi connectivity index (χ0n) is 12.8. The zero-order valence-corrected chi connectivity index (χ0v) is 12.8. The molecule has 122 valence electrons. The lowest BCUT2D eigenvalue weighted by Gasteiger charge is -2.32. The third-order valence-corrected chi connectivity index (χ3v) is 4.93. The van der Waals surface area contributed by atoms with Crippen LogP contribution < -0.4 is 5.32 Å². The number of urea groups is 1. The highest BCUT2D eigenvalue weighted by molar-refractivity contribution is 6.01. The zero-order chi connectivity index (χ0) is 15.9. The fraction of sp³-hybridized carbons (Fsp3) is 0.786. The standard InChI is InChI=1S/C14H23N5O3/c1-17-6-2-3-9(7-17)13(20)16-12(15)11-5-4-10-8-18(11)14(21)19(10)22/h9-11,22H,2-8H2,1H3,(H2,15,16,20)/t9-,10-,11+/m1/s1. The molecule has 0 spiro atoms. The highest BCUT2D eigenvalue weighted by Gasteiger charge is 2.46. The number of carbonyl (C=O) groups is 2. The van der Waals surface area contributed by atoms with E-state index in [-0.39, 0.29) is 23.7 Å². The van der Waals surface area contributed by atoms with Gasteiger partial charge in [0.1, 0.15) is 5.84 Å². The van der Waals surface area contributed by atoms with Gasteiger partial charge in [-0.2, -0.15) is 0 Å². The van der Waals surface area contributed by atoms with Gasteiger partial charge in [0.25, 0.3) is 0 Å². The molecule has 0 aromatic heterocycles. The molecule has 0 radical (unpaired) electrons. The van der Waals surface area contributed by atoms with E-state index in [1.165, 1.54) is 4.90 Å². The molecule has 0 aliphatic carbocycles. The first-order valence-electron chi connectivity index (χ1n) is 7.84. The Hall–Kier alpha value is -1.67. The second-order valence-corrected chi connectivity index (χ2v) is 6.53. The largest absolute Gasteiger partial charge is 0.344 e. The molecule has 3 rings (SSSR count). The number of hydrogen-bond donors (Lipinski definition) is 3. The van der Waals surface area contributed by atoms with Crippen molar-refractivity contribution in [2.24, 2.45) is 5.92 Å². The molecule has 3 saturated heterocycles. The maximum absolute atomic E-state index is 12.3. The number of nitrogens with zero attached hydrogens (tertiary/aromatic N) is 3. The number of fused-ring (bicyclic) bond motifs is 2. The van der Waals surface area contributed by atoms with E-state index >= 15 is 0 Å². The average Bonchev–Trinajstić information content (AvgIpc) is 2.72. The molecule has 3 aliphatic heterocycles. The van der Waals surface area contributed by atoms with Crippen molar-refractivity contribution < 1.29 is 14.8 Å². The fourth-order valence-electron chi connectivity index (χ4n) is 3.65. The summed E-state index contributed by atoms with van der Waals surface area (Å²) < 4.78 is 0. The summed E-state index contributed by atoms with van der Waals surface area (Å²) in [4.78, 5) is 27.8. The Labute approximate surface area is 129 Å². The minimum absolute atomic E-state index is 0.0697. The molecule has 0 saturated carbocycles. The number of hydrogen-bond acceptors (Lipinski definition) is 5. The topological polar surface area (TPSA) is 100.0 Å². The molecule has 0 aromatic rings. The number of rotatable bonds is 2. The van der Waals surface area contributed by atoms with Gasteiger partial charge in [-0.15, -0.1) is 0 Å². The van der Waals surface area contributed by atoms with Crippen LogP contribution in [0.5, 0.6) is 0 Å². The van der Waals surface area contributed by atoms with Crippen molar-refractivity contribution in [3.63, 3.8) is 0 Å². The number of piperidine rings is 2. The molecular formula is C14H23N5O3. The molecule has 3 amide bonds. The summed E-state index contributed by atoms with van der Waals surface area (Å²) >= 11 is 0. The van der Waals surface area contributed by atoms with Crippen molar-refractivity contribution in [3.8, 4) is 0 Å². The van der Waals surface area contributed by atoms with Gasteiger partial charge in [0.15, 0.2) is 0 Å². The molecule has 22 heavy (non-hydrogen) atoms. The van der Waals surface area contributed by atoms with Gasteiger partial charge in [-0.1, -0.05) is 0 Å². The first-order valence-corrected chi connectivity index (χ1v) is 7.84. The molecule has 0 aromatic carbocycles. The van der Waals surface area contributed by atoms with Crippen LogP contribution in [0.2, 0.25) is 0 Å². The lowest BCUT2D eigenvalue weighted by atomic mass is 9.96. The van der Waals surface area contributed by atoms with Crippen molar-refractivity contribution in [3.05, 3.63) is 0 Å². The summed E-state index contributed by atoms with van der Waals surface area (Å²) in [6.07, 6.45) is 3.06. The number of carbonyl (C=O) groups excluding carboxylic acids is 2. The minimum atomic E-state index is -0.469. The SMILES string of the molecule is CN1CCC[C@@H](C(=O)NC(=N)[C@@H]2CC[C@@H]3CN2C(=O)N3O)C1. The Bertz CT molecular complexity index is 497. The van der Waals surface area contributed by atoms with E-state index in [4.69, 9.17) is 5.41 Å². The lowest BCUT2D eigenvalue weighted by Crippen LogP contribution is -2.52. The Kier molecular flexibility index (Phi) is 4.05. The monoisotopic (exact) mass is 309 g/mol. The van der Waals surface area contributed by atoms with Crippen LogP contribution in [0.25, 0.3) is 0 Å². The maximum Gasteiger partial charge on any atom is 0.344 e. The Morgan fingerprint density at radius 2 is 2.09 bits per heavy atom. The third kappa shape index (κ3) is 2.68. The van der Waals surface area contributed by atoms with E-state index in [0.717, 1.165) is 24.4 Å². The quantitative estimate of drug-likeness (QED) is 0.382. The van der Waals surface area contributed by atoms with E-state index in [1.54, 1.807) is 0 Å². The van der Waals surface area contributed by atoms with Crippen LogP contribution in [0.1, 0.15) is 25.7 Å². The lowest BCUT2D eigenvalue weighted by molar-refractivity contribution is -0.125. The third-order valence-electron chi connectivity index (χ3n) is 4.93. The molecule has 3 heterocycles. The smallest absolute Gasteiger partial charge is 0.313 e. The van der Waals surface area contributed by atoms with Crippen LogP contribution in [-0.2, 0) is 4.79 Å². The second kappa shape index (κ2) is 5.85. The first kappa shape index (κ1) is 15.2. The first-order chi connectivity index (χ1) is 10.5. The number of nitrogens with one attached hydrogen (secondary N) is 2. The highest BCUT2D eigenvalue weighted by atomic mass is 16.5. The summed E-state index contributed by atoms with van der Waals surface area (Å²) in [6, 6.07) is -1.09. The Balaban J connectivity index is 1.60. The predicted octanol–water partition coefficient (Wildman–Crippen LogP) is 0.0795. The van der Waals surface area contributed by atoms with Crippen molar-refractivity contribution in [1.29, 1.82) is 5.41 Å². The van der Waals surface area contributed by atoms with Crippen LogP contribution in [0.4, 0.5) is 4.79 Å². The van der Waals surface area contributed by atoms with Gasteiger partial charge < -0.3 is 15.1 Å². The molecule has 3 N–H and O–H groups in total. The number of hydroxylamine groups is 2. The van der Waals surface area contributed by atoms with Crippen molar-refractivity contribution in [2.45, 2.75) is 37.8 Å². The van der Waals surface area contributed by atoms with Gasteiger partial charge in [0.05, 0.1) is 18.0 Å². The van der Waals surface area contributed by atoms with Crippen LogP contribution in [-0.4, -0.2) is 76.6 Å². The van der Waals surface area contributed by atoms with Crippen LogP contribution in [0.3, 0.4) is 0 Å². The van der Waals surface area contributed by atoms with Gasteiger partial charge in [0, 0.05) is 13.1 Å². The molecule has 3 aliphatic rings. The van der Waals surface area contributed by atoms with E-state index in [0.29, 0.717) is 25.9 Å². The van der Waals surface area contributed by atoms with Crippen LogP contribution in [0, 0.1) is 11.3 Å². The molecule has 3 atom stereocenters. The molecule has 8 nitrogen and oxygen atoms in total. The van der Waals surface area contributed by atoms with Gasteiger partial charge >= 0.3 is 6.03 Å². The molecule has 3 fully saturated rings. The average molecular weight is 309 g/mol. The van der Waals surface area contributed by atoms with Crippen LogP contribution in [0.15, 0.2) is 0 Å². The predicted molar refractivity (Wildman–Crippen MR) is 78.6 cm³/mol. The van der Waals surface area contributed by atoms with E-state index < -0.39 is 12.1 Å². The van der Waals surface area contributed by atoms with E-state index in [1.807, 2.05) is 7.05 Å². The summed E-state index contributed by atoms with van der Waals surface area (Å²) in [5.41, 5.74) is 0. The van der Waals surface area contributed by atoms with Gasteiger partial charge in [-0.25, -0.2) is 9.86 Å². The summed E-state index contributed by atoms with van der Waals surface area (Å²) in [5, 5.41) is 21.2. The normalized spacial score (nSPS) is 32.3. The minimum Gasteiger partial charge on any atom is -0.313 e. The van der Waals surface area contributed by atoms with Crippen molar-refractivity contribution in [2.75, 3.05) is 26.7 Å². The maximum atomic E-state index is 12.3. The summed E-state index contributed by atoms with van der Waals surface area (Å²) in [6.45, 7) is 2.13. The molecule has 0 unspecified atom stereocenters. The highest BCUT2D eigenvalue weighted by Crippen LogP contribution is 2.28. The van der Waals surface area contributed by atoms with Crippen molar-refractivity contribution >= 4 is 17.8 Å². The van der Waals surface area contributed by atoms with Gasteiger partial charge in [-0.3, -0.25) is 15.4 Å². The number of likely N-dealkylation sites (tertiary alicyclic amines) is 1. The molecular weight excluding hydrogens is 286 g/mol. The number of amides is 3. The van der Waals surface area contributed by atoms with Crippen LogP contribution >= 0.6 is 0 Å².